The Morgan fingerprint density at radius 1 is 1.47 bits per heavy atom. The molecule has 15 heavy (non-hydrogen) atoms. The van der Waals surface area contributed by atoms with Gasteiger partial charge in [0.15, 0.2) is 0 Å². The van der Waals surface area contributed by atoms with Gasteiger partial charge in [0.05, 0.1) is 6.54 Å². The van der Waals surface area contributed by atoms with Crippen LogP contribution in [0.4, 0.5) is 0 Å². The quantitative estimate of drug-likeness (QED) is 0.690. The molecule has 0 radical (unpaired) electrons. The zero-order valence-electron chi connectivity index (χ0n) is 9.67. The molecule has 0 atom stereocenters. The summed E-state index contributed by atoms with van der Waals surface area (Å²) in [5.41, 5.74) is 0. The molecule has 0 aromatic rings. The van der Waals surface area contributed by atoms with Gasteiger partial charge >= 0.3 is 0 Å². The molecule has 0 bridgehead atoms. The lowest BCUT2D eigenvalue weighted by Gasteiger charge is -2.23. The smallest absolute Gasteiger partial charge is 0.0599 e. The Bertz CT molecular complexity index is 194. The molecule has 1 heterocycles. The van der Waals surface area contributed by atoms with Gasteiger partial charge in [0, 0.05) is 17.5 Å². The maximum atomic E-state index is 5.31. The molecule has 0 aliphatic carbocycles. The molecular weight excluding hydrogens is 204 g/mol. The Kier molecular flexibility index (Phi) is 6.91. The van der Waals surface area contributed by atoms with Crippen LogP contribution in [0, 0.1) is 12.3 Å². The lowest BCUT2D eigenvalue weighted by Crippen LogP contribution is -2.31. The van der Waals surface area contributed by atoms with Crippen molar-refractivity contribution in [1.82, 2.24) is 10.2 Å². The lowest BCUT2D eigenvalue weighted by atomic mass is 10.2. The van der Waals surface area contributed by atoms with E-state index in [0.29, 0.717) is 0 Å². The molecule has 0 unspecified atom stereocenters. The third-order valence-corrected chi connectivity index (χ3v) is 4.17. The van der Waals surface area contributed by atoms with Gasteiger partial charge in [-0.15, -0.1) is 6.42 Å². The summed E-state index contributed by atoms with van der Waals surface area (Å²) >= 11 is 2.12. The molecule has 1 aliphatic heterocycles. The standard InChI is InChI=1S/C12H22N2S/c1-3-9-14(4-2)10-11-15-12-5-7-13-8-6-12/h1,12-13H,4-11H2,2H3. The Balaban J connectivity index is 2.06. The lowest BCUT2D eigenvalue weighted by molar-refractivity contribution is 0.345. The van der Waals surface area contributed by atoms with Crippen LogP contribution in [-0.2, 0) is 0 Å². The molecule has 0 spiro atoms. The van der Waals surface area contributed by atoms with E-state index in [1.165, 1.54) is 31.7 Å². The SMILES string of the molecule is C#CCN(CC)CCSC1CCNCC1. The number of hydrogen-bond acceptors (Lipinski definition) is 3. The maximum absolute atomic E-state index is 5.31. The van der Waals surface area contributed by atoms with Crippen molar-refractivity contribution in [2.75, 3.05) is 38.5 Å². The number of terminal acetylenes is 1. The van der Waals surface area contributed by atoms with E-state index in [2.05, 4.69) is 34.8 Å². The van der Waals surface area contributed by atoms with Crippen molar-refractivity contribution in [3.8, 4) is 12.3 Å². The van der Waals surface area contributed by atoms with E-state index in [0.717, 1.165) is 24.9 Å². The molecule has 0 aromatic heterocycles. The van der Waals surface area contributed by atoms with Crippen molar-refractivity contribution in [3.63, 3.8) is 0 Å². The van der Waals surface area contributed by atoms with Gasteiger partial charge in [0.1, 0.15) is 0 Å². The summed E-state index contributed by atoms with van der Waals surface area (Å²) in [7, 11) is 0. The Hall–Kier alpha value is -0.170. The van der Waals surface area contributed by atoms with Gasteiger partial charge in [-0.25, -0.2) is 0 Å². The largest absolute Gasteiger partial charge is 0.317 e. The van der Waals surface area contributed by atoms with Crippen molar-refractivity contribution in [3.05, 3.63) is 0 Å². The van der Waals surface area contributed by atoms with E-state index in [1.807, 2.05) is 0 Å². The second kappa shape index (κ2) is 8.04. The predicted molar refractivity (Wildman–Crippen MR) is 69.3 cm³/mol. The van der Waals surface area contributed by atoms with Crippen molar-refractivity contribution in [1.29, 1.82) is 0 Å². The van der Waals surface area contributed by atoms with Gasteiger partial charge in [0.25, 0.3) is 0 Å². The van der Waals surface area contributed by atoms with Gasteiger partial charge in [-0.1, -0.05) is 12.8 Å². The van der Waals surface area contributed by atoms with E-state index >= 15 is 0 Å². The molecule has 1 rings (SSSR count). The second-order valence-electron chi connectivity index (χ2n) is 3.89. The highest BCUT2D eigenvalue weighted by Crippen LogP contribution is 2.19. The molecule has 1 saturated heterocycles. The topological polar surface area (TPSA) is 15.3 Å². The fraction of sp³-hybridized carbons (Fsp3) is 0.833. The summed E-state index contributed by atoms with van der Waals surface area (Å²) in [5.74, 6) is 3.94. The number of rotatable bonds is 6. The normalized spacial score (nSPS) is 17.9. The predicted octanol–water partition coefficient (Wildman–Crippen LogP) is 1.43. The van der Waals surface area contributed by atoms with E-state index in [4.69, 9.17) is 6.42 Å². The molecule has 2 nitrogen and oxygen atoms in total. The van der Waals surface area contributed by atoms with Crippen LogP contribution in [0.5, 0.6) is 0 Å². The summed E-state index contributed by atoms with van der Waals surface area (Å²) in [4.78, 5) is 2.33. The highest BCUT2D eigenvalue weighted by atomic mass is 32.2. The zero-order valence-corrected chi connectivity index (χ0v) is 10.5. The highest BCUT2D eigenvalue weighted by molar-refractivity contribution is 7.99. The summed E-state index contributed by atoms with van der Waals surface area (Å²) in [6.45, 7) is 7.56. The van der Waals surface area contributed by atoms with Crippen LogP contribution < -0.4 is 5.32 Å². The molecule has 1 fully saturated rings. The van der Waals surface area contributed by atoms with Crippen LogP contribution >= 0.6 is 11.8 Å². The minimum absolute atomic E-state index is 0.795. The van der Waals surface area contributed by atoms with Crippen molar-refractivity contribution >= 4 is 11.8 Å². The van der Waals surface area contributed by atoms with E-state index in [-0.39, 0.29) is 0 Å². The van der Waals surface area contributed by atoms with Gasteiger partial charge in [-0.3, -0.25) is 4.90 Å². The summed E-state index contributed by atoms with van der Waals surface area (Å²) in [6, 6.07) is 0. The highest BCUT2D eigenvalue weighted by Gasteiger charge is 2.13. The Labute approximate surface area is 98.2 Å². The number of nitrogens with zero attached hydrogens (tertiary/aromatic N) is 1. The van der Waals surface area contributed by atoms with E-state index < -0.39 is 0 Å². The average Bonchev–Trinajstić information content (AvgIpc) is 2.29. The van der Waals surface area contributed by atoms with Crippen LogP contribution in [0.1, 0.15) is 19.8 Å². The fourth-order valence-corrected chi connectivity index (χ4v) is 3.05. The minimum atomic E-state index is 0.795. The number of piperidine rings is 1. The number of hydrogen-bond donors (Lipinski definition) is 1. The number of thioether (sulfide) groups is 1. The molecule has 86 valence electrons. The first kappa shape index (κ1) is 12.9. The van der Waals surface area contributed by atoms with Gasteiger partial charge < -0.3 is 5.32 Å². The monoisotopic (exact) mass is 226 g/mol. The van der Waals surface area contributed by atoms with Gasteiger partial charge in [-0.05, 0) is 32.5 Å². The van der Waals surface area contributed by atoms with Crippen LogP contribution in [0.3, 0.4) is 0 Å². The van der Waals surface area contributed by atoms with Crippen LogP contribution in [-0.4, -0.2) is 48.6 Å². The molecule has 1 aliphatic rings. The van der Waals surface area contributed by atoms with Crippen molar-refractivity contribution in [2.24, 2.45) is 0 Å². The average molecular weight is 226 g/mol. The maximum Gasteiger partial charge on any atom is 0.0599 e. The Morgan fingerprint density at radius 2 is 2.20 bits per heavy atom. The molecular formula is C12H22N2S. The summed E-state index contributed by atoms with van der Waals surface area (Å²) in [5, 5.41) is 4.27. The zero-order chi connectivity index (χ0) is 10.9. The number of nitrogens with one attached hydrogen (secondary N) is 1. The van der Waals surface area contributed by atoms with E-state index in [9.17, 15) is 0 Å². The van der Waals surface area contributed by atoms with Crippen LogP contribution in [0.2, 0.25) is 0 Å². The summed E-state index contributed by atoms with van der Waals surface area (Å²) in [6.07, 6.45) is 7.96. The first-order valence-electron chi connectivity index (χ1n) is 5.85. The van der Waals surface area contributed by atoms with Crippen LogP contribution in [0.15, 0.2) is 0 Å². The fourth-order valence-electron chi connectivity index (χ4n) is 1.79. The molecule has 3 heteroatoms. The van der Waals surface area contributed by atoms with Crippen molar-refractivity contribution in [2.45, 2.75) is 25.0 Å². The molecule has 1 N–H and O–H groups in total. The van der Waals surface area contributed by atoms with E-state index in [1.54, 1.807) is 0 Å². The molecule has 0 saturated carbocycles. The molecule has 0 amide bonds. The van der Waals surface area contributed by atoms with Crippen LogP contribution in [0.25, 0.3) is 0 Å². The molecule has 0 aromatic carbocycles. The summed E-state index contributed by atoms with van der Waals surface area (Å²) < 4.78 is 0. The minimum Gasteiger partial charge on any atom is -0.317 e. The Morgan fingerprint density at radius 3 is 2.80 bits per heavy atom. The third-order valence-electron chi connectivity index (χ3n) is 2.81. The van der Waals surface area contributed by atoms with Crippen molar-refractivity contribution < 1.29 is 0 Å². The first-order valence-corrected chi connectivity index (χ1v) is 6.89. The van der Waals surface area contributed by atoms with Gasteiger partial charge in [-0.2, -0.15) is 11.8 Å². The third kappa shape index (κ3) is 5.46. The second-order valence-corrected chi connectivity index (χ2v) is 5.30. The van der Waals surface area contributed by atoms with Gasteiger partial charge in [0.2, 0.25) is 0 Å². The first-order chi connectivity index (χ1) is 7.36.